The van der Waals surface area contributed by atoms with Gasteiger partial charge in [0.2, 0.25) is 5.89 Å². The van der Waals surface area contributed by atoms with Crippen LogP contribution in [-0.2, 0) is 6.54 Å². The van der Waals surface area contributed by atoms with Crippen LogP contribution < -0.4 is 10.6 Å². The van der Waals surface area contributed by atoms with Crippen molar-refractivity contribution < 1.29 is 4.42 Å². The zero-order valence-electron chi connectivity index (χ0n) is 11.3. The Hall–Kier alpha value is -1.89. The molecule has 2 heterocycles. The van der Waals surface area contributed by atoms with E-state index in [9.17, 15) is 0 Å². The van der Waals surface area contributed by atoms with Crippen LogP contribution in [0.15, 0.2) is 23.1 Å². The van der Waals surface area contributed by atoms with Crippen molar-refractivity contribution in [3.8, 4) is 0 Å². The van der Waals surface area contributed by atoms with Crippen molar-refractivity contribution in [3.63, 3.8) is 0 Å². The predicted molar refractivity (Wildman–Crippen MR) is 71.7 cm³/mol. The average molecular weight is 264 g/mol. The lowest BCUT2D eigenvalue weighted by Gasteiger charge is -2.06. The molecule has 2 aromatic heterocycles. The van der Waals surface area contributed by atoms with E-state index in [1.54, 1.807) is 6.20 Å². The van der Waals surface area contributed by atoms with Crippen LogP contribution in [0.4, 0.5) is 6.01 Å². The molecule has 0 saturated heterocycles. The van der Waals surface area contributed by atoms with Crippen molar-refractivity contribution >= 4 is 6.01 Å². The molecule has 1 atom stereocenters. The fourth-order valence-corrected chi connectivity index (χ4v) is 1.75. The smallest absolute Gasteiger partial charge is 0.315 e. The van der Waals surface area contributed by atoms with Gasteiger partial charge in [-0.3, -0.25) is 0 Å². The fraction of sp³-hybridized carbons (Fsp3) is 0.583. The molecule has 2 N–H and O–H groups in total. The highest BCUT2D eigenvalue weighted by Gasteiger charge is 2.11. The van der Waals surface area contributed by atoms with Gasteiger partial charge in [-0.1, -0.05) is 12.0 Å². The molecule has 0 amide bonds. The van der Waals surface area contributed by atoms with Crippen LogP contribution in [0.3, 0.4) is 0 Å². The predicted octanol–water partition coefficient (Wildman–Crippen LogP) is 1.44. The SMILES string of the molecule is CCNC(C)c1nnc(NCCCn2ccnc2)o1. The molecule has 2 aromatic rings. The lowest BCUT2D eigenvalue weighted by molar-refractivity contribution is 0.428. The van der Waals surface area contributed by atoms with Gasteiger partial charge in [0.1, 0.15) is 0 Å². The zero-order valence-corrected chi connectivity index (χ0v) is 11.3. The van der Waals surface area contributed by atoms with Crippen LogP contribution >= 0.6 is 0 Å². The summed E-state index contributed by atoms with van der Waals surface area (Å²) in [5, 5.41) is 14.3. The lowest BCUT2D eigenvalue weighted by Crippen LogP contribution is -2.17. The number of hydrogen-bond donors (Lipinski definition) is 2. The second-order valence-corrected chi connectivity index (χ2v) is 4.31. The Bertz CT molecular complexity index is 466. The molecular weight excluding hydrogens is 244 g/mol. The molecule has 0 fully saturated rings. The van der Waals surface area contributed by atoms with Crippen LogP contribution in [0.2, 0.25) is 0 Å². The highest BCUT2D eigenvalue weighted by molar-refractivity contribution is 5.16. The van der Waals surface area contributed by atoms with Gasteiger partial charge >= 0.3 is 6.01 Å². The van der Waals surface area contributed by atoms with Crippen molar-refractivity contribution in [1.82, 2.24) is 25.1 Å². The molecule has 7 heteroatoms. The van der Waals surface area contributed by atoms with E-state index >= 15 is 0 Å². The van der Waals surface area contributed by atoms with Crippen LogP contribution in [-0.4, -0.2) is 32.8 Å². The molecule has 0 aliphatic heterocycles. The fourth-order valence-electron chi connectivity index (χ4n) is 1.75. The molecule has 0 aliphatic carbocycles. The molecule has 0 aliphatic rings. The first-order valence-corrected chi connectivity index (χ1v) is 6.56. The van der Waals surface area contributed by atoms with E-state index in [0.717, 1.165) is 26.1 Å². The highest BCUT2D eigenvalue weighted by atomic mass is 16.4. The van der Waals surface area contributed by atoms with Gasteiger partial charge in [0.15, 0.2) is 0 Å². The number of imidazole rings is 1. The summed E-state index contributed by atoms with van der Waals surface area (Å²) in [4.78, 5) is 3.99. The maximum absolute atomic E-state index is 5.52. The van der Waals surface area contributed by atoms with Crippen LogP contribution in [0, 0.1) is 0 Å². The Kier molecular flexibility index (Phi) is 4.91. The standard InChI is InChI=1S/C12H20N6O/c1-3-14-10(2)11-16-17-12(19-11)15-5-4-7-18-8-6-13-9-18/h6,8-10,14H,3-5,7H2,1-2H3,(H,15,17). The van der Waals surface area contributed by atoms with E-state index in [4.69, 9.17) is 4.42 Å². The van der Waals surface area contributed by atoms with Gasteiger partial charge in [0.25, 0.3) is 0 Å². The third-order valence-electron chi connectivity index (χ3n) is 2.75. The van der Waals surface area contributed by atoms with Gasteiger partial charge in [-0.05, 0) is 19.9 Å². The Morgan fingerprint density at radius 2 is 2.32 bits per heavy atom. The van der Waals surface area contributed by atoms with E-state index in [1.807, 2.05) is 30.9 Å². The topological polar surface area (TPSA) is 80.8 Å². The Morgan fingerprint density at radius 3 is 3.05 bits per heavy atom. The minimum Gasteiger partial charge on any atom is -0.406 e. The zero-order chi connectivity index (χ0) is 13.5. The van der Waals surface area contributed by atoms with Crippen molar-refractivity contribution in [2.75, 3.05) is 18.4 Å². The minimum absolute atomic E-state index is 0.0824. The van der Waals surface area contributed by atoms with Gasteiger partial charge in [0, 0.05) is 25.5 Å². The van der Waals surface area contributed by atoms with Crippen molar-refractivity contribution in [2.45, 2.75) is 32.9 Å². The molecule has 0 aromatic carbocycles. The molecule has 2 rings (SSSR count). The molecule has 1 unspecified atom stereocenters. The Labute approximate surface area is 112 Å². The quantitative estimate of drug-likeness (QED) is 0.702. The third-order valence-corrected chi connectivity index (χ3v) is 2.75. The highest BCUT2D eigenvalue weighted by Crippen LogP contribution is 2.13. The number of nitrogens with zero attached hydrogens (tertiary/aromatic N) is 4. The van der Waals surface area contributed by atoms with Crippen LogP contribution in [0.5, 0.6) is 0 Å². The molecule has 7 nitrogen and oxygen atoms in total. The van der Waals surface area contributed by atoms with E-state index in [1.165, 1.54) is 0 Å². The second-order valence-electron chi connectivity index (χ2n) is 4.31. The summed E-state index contributed by atoms with van der Waals surface area (Å²) in [5.41, 5.74) is 0. The van der Waals surface area contributed by atoms with E-state index < -0.39 is 0 Å². The average Bonchev–Trinajstić information content (AvgIpc) is 3.06. The Balaban J connectivity index is 1.71. The number of rotatable bonds is 8. The molecule has 0 bridgehead atoms. The Morgan fingerprint density at radius 1 is 1.42 bits per heavy atom. The molecule has 0 saturated carbocycles. The molecule has 0 radical (unpaired) electrons. The van der Waals surface area contributed by atoms with Crippen LogP contribution in [0.1, 0.15) is 32.2 Å². The summed E-state index contributed by atoms with van der Waals surface area (Å²) in [7, 11) is 0. The van der Waals surface area contributed by atoms with Crippen molar-refractivity contribution in [3.05, 3.63) is 24.6 Å². The second kappa shape index (κ2) is 6.89. The largest absolute Gasteiger partial charge is 0.406 e. The molecule has 104 valence electrons. The van der Waals surface area contributed by atoms with Gasteiger partial charge in [-0.25, -0.2) is 4.98 Å². The molecule has 19 heavy (non-hydrogen) atoms. The first-order valence-electron chi connectivity index (χ1n) is 6.56. The van der Waals surface area contributed by atoms with Gasteiger partial charge in [0.05, 0.1) is 12.4 Å². The minimum atomic E-state index is 0.0824. The monoisotopic (exact) mass is 264 g/mol. The lowest BCUT2D eigenvalue weighted by atomic mass is 10.3. The molecular formula is C12H20N6O. The van der Waals surface area contributed by atoms with E-state index in [2.05, 4.69) is 25.8 Å². The van der Waals surface area contributed by atoms with Gasteiger partial charge < -0.3 is 19.6 Å². The van der Waals surface area contributed by atoms with Crippen molar-refractivity contribution in [1.29, 1.82) is 0 Å². The number of aryl methyl sites for hydroxylation is 1. The summed E-state index contributed by atoms with van der Waals surface area (Å²) in [6.07, 6.45) is 6.50. The summed E-state index contributed by atoms with van der Waals surface area (Å²) in [6.45, 7) is 6.62. The first kappa shape index (κ1) is 13.5. The van der Waals surface area contributed by atoms with Crippen LogP contribution in [0.25, 0.3) is 0 Å². The number of nitrogens with one attached hydrogen (secondary N) is 2. The normalized spacial score (nSPS) is 12.5. The number of aromatic nitrogens is 4. The summed E-state index contributed by atoms with van der Waals surface area (Å²) in [6, 6.07) is 0.560. The van der Waals surface area contributed by atoms with Gasteiger partial charge in [-0.2, -0.15) is 0 Å². The first-order chi connectivity index (χ1) is 9.29. The van der Waals surface area contributed by atoms with Gasteiger partial charge in [-0.15, -0.1) is 5.10 Å². The van der Waals surface area contributed by atoms with Crippen molar-refractivity contribution in [2.24, 2.45) is 0 Å². The van der Waals surface area contributed by atoms with E-state index in [0.29, 0.717) is 11.9 Å². The summed E-state index contributed by atoms with van der Waals surface area (Å²) < 4.78 is 7.56. The summed E-state index contributed by atoms with van der Waals surface area (Å²) in [5.74, 6) is 0.610. The maximum Gasteiger partial charge on any atom is 0.315 e. The maximum atomic E-state index is 5.52. The third kappa shape index (κ3) is 4.06. The van der Waals surface area contributed by atoms with E-state index in [-0.39, 0.29) is 6.04 Å². The molecule has 0 spiro atoms. The number of anilines is 1. The summed E-state index contributed by atoms with van der Waals surface area (Å²) >= 11 is 0. The number of hydrogen-bond acceptors (Lipinski definition) is 6.